The van der Waals surface area contributed by atoms with Crippen molar-refractivity contribution < 1.29 is 36.8 Å². The lowest BCUT2D eigenvalue weighted by molar-refractivity contribution is -0.386. The summed E-state index contributed by atoms with van der Waals surface area (Å²) >= 11 is 0. The van der Waals surface area contributed by atoms with Gasteiger partial charge in [0.2, 0.25) is 5.75 Å². The molecular weight excluding hydrogens is 295 g/mol. The molecule has 1 rings (SSSR count). The molecule has 0 saturated carbocycles. The van der Waals surface area contributed by atoms with Crippen LogP contribution in [0.5, 0.6) is 5.75 Å². The fourth-order valence-corrected chi connectivity index (χ4v) is 1.39. The van der Waals surface area contributed by atoms with E-state index in [1.807, 2.05) is 0 Å². The largest absolute Gasteiger partial charge is 0.489 e. The number of alkyl halides is 5. The van der Waals surface area contributed by atoms with Crippen molar-refractivity contribution in [1.29, 1.82) is 0 Å². The van der Waals surface area contributed by atoms with Crippen LogP contribution in [0.25, 0.3) is 0 Å². The number of anilines is 1. The van der Waals surface area contributed by atoms with Crippen LogP contribution in [0.4, 0.5) is 33.3 Å². The normalized spacial score (nSPS) is 12.2. The maximum atomic E-state index is 13.2. The van der Waals surface area contributed by atoms with Gasteiger partial charge in [0.25, 0.3) is 0 Å². The molecule has 0 fully saturated rings. The number of hydrogen-bond acceptors (Lipinski definition) is 5. The Kier molecular flexibility index (Phi) is 4.03. The van der Waals surface area contributed by atoms with Crippen LogP contribution in [0.2, 0.25) is 0 Å². The summed E-state index contributed by atoms with van der Waals surface area (Å²) in [4.78, 5) is 9.45. The van der Waals surface area contributed by atoms with E-state index in [-0.39, 0.29) is 12.1 Å². The van der Waals surface area contributed by atoms with E-state index in [9.17, 15) is 32.1 Å². The SMILES string of the molecule is COc1c(NO)cc(C(F)(F)C(F)(F)F)cc1[N+](=O)[O-]. The van der Waals surface area contributed by atoms with Crippen molar-refractivity contribution in [3.05, 3.63) is 27.8 Å². The van der Waals surface area contributed by atoms with Gasteiger partial charge in [-0.3, -0.25) is 20.8 Å². The highest BCUT2D eigenvalue weighted by Crippen LogP contribution is 2.47. The molecule has 0 aliphatic rings. The van der Waals surface area contributed by atoms with Crippen LogP contribution in [0.3, 0.4) is 0 Å². The lowest BCUT2D eigenvalue weighted by atomic mass is 10.1. The van der Waals surface area contributed by atoms with Crippen molar-refractivity contribution >= 4 is 11.4 Å². The molecule has 0 amide bonds. The van der Waals surface area contributed by atoms with E-state index >= 15 is 0 Å². The standard InChI is InChI=1S/C9H7F5N2O4/c1-20-7-5(15-17)2-4(3-6(7)16(18)19)8(10,11)9(12,13)14/h2-3,15,17H,1H3. The number of nitrogens with one attached hydrogen (secondary N) is 1. The molecule has 0 aliphatic heterocycles. The van der Waals surface area contributed by atoms with Crippen LogP contribution in [-0.2, 0) is 5.92 Å². The van der Waals surface area contributed by atoms with Crippen LogP contribution < -0.4 is 10.2 Å². The highest BCUT2D eigenvalue weighted by Gasteiger charge is 2.59. The summed E-state index contributed by atoms with van der Waals surface area (Å²) in [6.07, 6.45) is -5.94. The summed E-state index contributed by atoms with van der Waals surface area (Å²) in [5.41, 5.74) is -2.36. The molecule has 0 unspecified atom stereocenters. The number of nitro groups is 1. The summed E-state index contributed by atoms with van der Waals surface area (Å²) in [7, 11) is 0.921. The van der Waals surface area contributed by atoms with Crippen LogP contribution in [0.15, 0.2) is 12.1 Å². The van der Waals surface area contributed by atoms with Gasteiger partial charge in [-0.05, 0) is 6.07 Å². The molecule has 1 aromatic rings. The summed E-state index contributed by atoms with van der Waals surface area (Å²) < 4.78 is 67.5. The molecule has 0 bridgehead atoms. The van der Waals surface area contributed by atoms with E-state index in [0.717, 1.165) is 7.11 Å². The second-order valence-electron chi connectivity index (χ2n) is 3.52. The summed E-state index contributed by atoms with van der Waals surface area (Å²) in [6.45, 7) is 0. The summed E-state index contributed by atoms with van der Waals surface area (Å²) in [6, 6.07) is 0.243. The zero-order valence-electron chi connectivity index (χ0n) is 9.66. The van der Waals surface area contributed by atoms with Crippen molar-refractivity contribution in [1.82, 2.24) is 0 Å². The first kappa shape index (κ1) is 15.9. The van der Waals surface area contributed by atoms with Gasteiger partial charge in [0.15, 0.2) is 0 Å². The van der Waals surface area contributed by atoms with Gasteiger partial charge in [-0.2, -0.15) is 22.0 Å². The zero-order chi connectivity index (χ0) is 15.7. The molecule has 0 atom stereocenters. The van der Waals surface area contributed by atoms with E-state index in [1.165, 1.54) is 5.48 Å². The Bertz CT molecular complexity index is 532. The Morgan fingerprint density at radius 1 is 1.30 bits per heavy atom. The molecular formula is C9H7F5N2O4. The number of hydrogen-bond donors (Lipinski definition) is 2. The van der Waals surface area contributed by atoms with Gasteiger partial charge in [-0.15, -0.1) is 0 Å². The third-order valence-corrected chi connectivity index (χ3v) is 2.31. The molecule has 0 aromatic heterocycles. The number of methoxy groups -OCH3 is 1. The first-order chi connectivity index (χ1) is 9.06. The second-order valence-corrected chi connectivity index (χ2v) is 3.52. The molecule has 20 heavy (non-hydrogen) atoms. The lowest BCUT2D eigenvalue weighted by Gasteiger charge is -2.21. The van der Waals surface area contributed by atoms with Crippen LogP contribution in [0, 0.1) is 10.1 Å². The third-order valence-electron chi connectivity index (χ3n) is 2.31. The Balaban J connectivity index is 3.60. The number of nitrogens with zero attached hydrogens (tertiary/aromatic N) is 1. The maximum Gasteiger partial charge on any atom is 0.458 e. The zero-order valence-corrected chi connectivity index (χ0v) is 9.66. The average Bonchev–Trinajstić information content (AvgIpc) is 2.35. The van der Waals surface area contributed by atoms with Gasteiger partial charge in [-0.25, -0.2) is 0 Å². The van der Waals surface area contributed by atoms with Crippen molar-refractivity contribution in [3.63, 3.8) is 0 Å². The van der Waals surface area contributed by atoms with Gasteiger partial charge >= 0.3 is 17.8 Å². The minimum atomic E-state index is -5.94. The molecule has 112 valence electrons. The van der Waals surface area contributed by atoms with Crippen LogP contribution in [-0.4, -0.2) is 23.4 Å². The molecule has 2 N–H and O–H groups in total. The van der Waals surface area contributed by atoms with E-state index in [4.69, 9.17) is 5.21 Å². The van der Waals surface area contributed by atoms with Crippen LogP contribution >= 0.6 is 0 Å². The number of benzene rings is 1. The molecule has 11 heteroatoms. The van der Waals surface area contributed by atoms with Crippen molar-refractivity contribution in [3.8, 4) is 5.75 Å². The smallest absolute Gasteiger partial charge is 0.458 e. The molecule has 1 aromatic carbocycles. The number of rotatable bonds is 4. The maximum absolute atomic E-state index is 13.2. The Morgan fingerprint density at radius 2 is 1.85 bits per heavy atom. The minimum absolute atomic E-state index is 0.0349. The number of halogens is 5. The lowest BCUT2D eigenvalue weighted by Crippen LogP contribution is -2.33. The fourth-order valence-electron chi connectivity index (χ4n) is 1.39. The van der Waals surface area contributed by atoms with Crippen molar-refractivity contribution in [2.45, 2.75) is 12.1 Å². The van der Waals surface area contributed by atoms with Gasteiger partial charge in [0.1, 0.15) is 5.69 Å². The van der Waals surface area contributed by atoms with Gasteiger partial charge in [0.05, 0.1) is 12.0 Å². The predicted octanol–water partition coefficient (Wildman–Crippen LogP) is 3.06. The highest BCUT2D eigenvalue weighted by molar-refractivity contribution is 5.67. The molecule has 0 heterocycles. The first-order valence-electron chi connectivity index (χ1n) is 4.77. The van der Waals surface area contributed by atoms with Gasteiger partial charge < -0.3 is 4.74 Å². The average molecular weight is 302 g/mol. The van der Waals surface area contributed by atoms with E-state index in [0.29, 0.717) is 0 Å². The molecule has 6 nitrogen and oxygen atoms in total. The Hall–Kier alpha value is -2.17. The second kappa shape index (κ2) is 5.07. The summed E-state index contributed by atoms with van der Waals surface area (Å²) in [5, 5.41) is 19.3. The Morgan fingerprint density at radius 3 is 2.20 bits per heavy atom. The molecule has 0 aliphatic carbocycles. The first-order valence-corrected chi connectivity index (χ1v) is 4.77. The third kappa shape index (κ3) is 2.57. The quantitative estimate of drug-likeness (QED) is 0.507. The van der Waals surface area contributed by atoms with E-state index < -0.39 is 39.7 Å². The van der Waals surface area contributed by atoms with Crippen LogP contribution in [0.1, 0.15) is 5.56 Å². The fraction of sp³-hybridized carbons (Fsp3) is 0.333. The van der Waals surface area contributed by atoms with Gasteiger partial charge in [0, 0.05) is 11.6 Å². The monoisotopic (exact) mass is 302 g/mol. The number of nitro benzene ring substituents is 1. The molecule has 0 radical (unpaired) electrons. The van der Waals surface area contributed by atoms with E-state index in [2.05, 4.69) is 4.74 Å². The molecule has 0 saturated heterocycles. The Labute approximate surface area is 107 Å². The minimum Gasteiger partial charge on any atom is -0.489 e. The highest BCUT2D eigenvalue weighted by atomic mass is 19.4. The summed E-state index contributed by atoms with van der Waals surface area (Å²) in [5.74, 6) is -6.01. The number of ether oxygens (including phenoxy) is 1. The topological polar surface area (TPSA) is 84.6 Å². The predicted molar refractivity (Wildman–Crippen MR) is 55.0 cm³/mol. The van der Waals surface area contributed by atoms with Crippen molar-refractivity contribution in [2.75, 3.05) is 12.6 Å². The van der Waals surface area contributed by atoms with E-state index in [1.54, 1.807) is 0 Å². The molecule has 0 spiro atoms. The van der Waals surface area contributed by atoms with Crippen molar-refractivity contribution in [2.24, 2.45) is 0 Å². The van der Waals surface area contributed by atoms with Gasteiger partial charge in [-0.1, -0.05) is 0 Å².